The first-order chi connectivity index (χ1) is 11.0. The van der Waals surface area contributed by atoms with Gasteiger partial charge in [-0.2, -0.15) is 0 Å². The number of hydrogen-bond donors (Lipinski definition) is 1. The summed E-state index contributed by atoms with van der Waals surface area (Å²) in [5.41, 5.74) is 10.8. The van der Waals surface area contributed by atoms with Crippen molar-refractivity contribution in [2.24, 2.45) is 17.8 Å². The second-order valence-corrected chi connectivity index (χ2v) is 6.27. The molecular weight excluding hydrogens is 284 g/mol. The lowest BCUT2D eigenvalue weighted by Crippen LogP contribution is -2.12. The maximum atomic E-state index is 6.20. The maximum absolute atomic E-state index is 6.20. The molecule has 0 aliphatic carbocycles. The van der Waals surface area contributed by atoms with Gasteiger partial charge in [0, 0.05) is 35.9 Å². The van der Waals surface area contributed by atoms with E-state index in [1.807, 2.05) is 25.1 Å². The van der Waals surface area contributed by atoms with Crippen LogP contribution in [0.25, 0.3) is 10.9 Å². The van der Waals surface area contributed by atoms with E-state index < -0.39 is 0 Å². The molecule has 0 saturated carbocycles. The Morgan fingerprint density at radius 1 is 1.22 bits per heavy atom. The molecule has 3 aromatic rings. The standard InChI is InChI=1S/C19H22N4/c1-12(2)16-11-23(4)17-6-5-14(10-15(16)17)19(20)22-18-9-13(3)7-8-21-18/h5-12H,1-4H3,(H2,20,21,22). The number of aryl methyl sites for hydroxylation is 2. The van der Waals surface area contributed by atoms with Gasteiger partial charge < -0.3 is 10.3 Å². The fourth-order valence-electron chi connectivity index (χ4n) is 2.81. The number of hydrogen-bond acceptors (Lipinski definition) is 2. The average Bonchev–Trinajstić information content (AvgIpc) is 2.84. The number of fused-ring (bicyclic) bond motifs is 1. The smallest absolute Gasteiger partial charge is 0.154 e. The molecule has 2 N–H and O–H groups in total. The first kappa shape index (κ1) is 15.3. The molecule has 0 saturated heterocycles. The highest BCUT2D eigenvalue weighted by Crippen LogP contribution is 2.28. The van der Waals surface area contributed by atoms with Gasteiger partial charge in [0.1, 0.15) is 5.84 Å². The first-order valence-electron chi connectivity index (χ1n) is 7.82. The number of nitrogens with zero attached hydrogens (tertiary/aromatic N) is 3. The molecule has 0 aliphatic heterocycles. The van der Waals surface area contributed by atoms with E-state index in [1.54, 1.807) is 6.20 Å². The Balaban J connectivity index is 2.07. The number of benzene rings is 1. The van der Waals surface area contributed by atoms with Crippen molar-refractivity contribution in [3.8, 4) is 0 Å². The molecule has 0 spiro atoms. The third-order valence-electron chi connectivity index (χ3n) is 4.07. The summed E-state index contributed by atoms with van der Waals surface area (Å²) < 4.78 is 2.16. The molecular formula is C19H22N4. The van der Waals surface area contributed by atoms with Crippen LogP contribution >= 0.6 is 0 Å². The summed E-state index contributed by atoms with van der Waals surface area (Å²) in [6.07, 6.45) is 3.94. The molecule has 2 aromatic heterocycles. The summed E-state index contributed by atoms with van der Waals surface area (Å²) in [4.78, 5) is 8.70. The lowest BCUT2D eigenvalue weighted by atomic mass is 10.0. The highest BCUT2D eigenvalue weighted by Gasteiger charge is 2.11. The van der Waals surface area contributed by atoms with Crippen molar-refractivity contribution in [2.45, 2.75) is 26.7 Å². The minimum absolute atomic E-state index is 0.463. The minimum Gasteiger partial charge on any atom is -0.383 e. The van der Waals surface area contributed by atoms with Gasteiger partial charge in [-0.05, 0) is 54.3 Å². The van der Waals surface area contributed by atoms with Gasteiger partial charge in [0.25, 0.3) is 0 Å². The van der Waals surface area contributed by atoms with Crippen LogP contribution in [0.5, 0.6) is 0 Å². The monoisotopic (exact) mass is 306 g/mol. The van der Waals surface area contributed by atoms with E-state index in [0.29, 0.717) is 17.6 Å². The Labute approximate surface area is 136 Å². The first-order valence-corrected chi connectivity index (χ1v) is 7.82. The third-order valence-corrected chi connectivity index (χ3v) is 4.07. The van der Waals surface area contributed by atoms with E-state index in [4.69, 9.17) is 5.73 Å². The van der Waals surface area contributed by atoms with Crippen molar-refractivity contribution in [3.63, 3.8) is 0 Å². The van der Waals surface area contributed by atoms with Gasteiger partial charge in [-0.1, -0.05) is 13.8 Å². The molecule has 23 heavy (non-hydrogen) atoms. The summed E-state index contributed by atoms with van der Waals surface area (Å²) in [7, 11) is 2.07. The van der Waals surface area contributed by atoms with Crippen molar-refractivity contribution in [3.05, 3.63) is 59.4 Å². The summed E-state index contributed by atoms with van der Waals surface area (Å²) in [6.45, 7) is 6.42. The van der Waals surface area contributed by atoms with Crippen LogP contribution in [0.2, 0.25) is 0 Å². The molecule has 0 fully saturated rings. The third kappa shape index (κ3) is 2.97. The highest BCUT2D eigenvalue weighted by molar-refractivity contribution is 6.02. The van der Waals surface area contributed by atoms with Crippen LogP contribution in [0, 0.1) is 6.92 Å². The largest absolute Gasteiger partial charge is 0.383 e. The Kier molecular flexibility index (Phi) is 3.90. The zero-order valence-electron chi connectivity index (χ0n) is 14.0. The minimum atomic E-state index is 0.463. The predicted octanol–water partition coefficient (Wildman–Crippen LogP) is 4.04. The summed E-state index contributed by atoms with van der Waals surface area (Å²) in [6, 6.07) is 10.1. The number of nitrogens with two attached hydrogens (primary N) is 1. The van der Waals surface area contributed by atoms with E-state index >= 15 is 0 Å². The number of aliphatic imine (C=N–C) groups is 1. The normalized spacial score (nSPS) is 12.3. The lowest BCUT2D eigenvalue weighted by molar-refractivity contribution is 0.857. The molecule has 1 aromatic carbocycles. The van der Waals surface area contributed by atoms with Crippen LogP contribution < -0.4 is 5.73 Å². The summed E-state index contributed by atoms with van der Waals surface area (Å²) >= 11 is 0. The van der Waals surface area contributed by atoms with Crippen molar-refractivity contribution < 1.29 is 0 Å². The molecule has 2 heterocycles. The zero-order chi connectivity index (χ0) is 16.6. The summed E-state index contributed by atoms with van der Waals surface area (Å²) in [5, 5.41) is 1.23. The van der Waals surface area contributed by atoms with Crippen LogP contribution in [-0.2, 0) is 7.05 Å². The van der Waals surface area contributed by atoms with Gasteiger partial charge >= 0.3 is 0 Å². The average molecular weight is 306 g/mol. The second kappa shape index (κ2) is 5.88. The number of pyridine rings is 1. The molecule has 0 amide bonds. The van der Waals surface area contributed by atoms with Gasteiger partial charge in [0.2, 0.25) is 0 Å². The van der Waals surface area contributed by atoms with E-state index in [0.717, 1.165) is 11.1 Å². The molecule has 3 rings (SSSR count). The van der Waals surface area contributed by atoms with Gasteiger partial charge in [0.15, 0.2) is 5.82 Å². The number of rotatable bonds is 3. The Morgan fingerprint density at radius 3 is 2.70 bits per heavy atom. The van der Waals surface area contributed by atoms with Crippen molar-refractivity contribution in [2.75, 3.05) is 0 Å². The van der Waals surface area contributed by atoms with Crippen molar-refractivity contribution >= 4 is 22.6 Å². The van der Waals surface area contributed by atoms with Crippen LogP contribution in [-0.4, -0.2) is 15.4 Å². The van der Waals surface area contributed by atoms with Gasteiger partial charge in [0.05, 0.1) is 0 Å². The van der Waals surface area contributed by atoms with E-state index in [9.17, 15) is 0 Å². The maximum Gasteiger partial charge on any atom is 0.154 e. The van der Waals surface area contributed by atoms with Gasteiger partial charge in [-0.3, -0.25) is 0 Å². The Morgan fingerprint density at radius 2 is 2.00 bits per heavy atom. The summed E-state index contributed by atoms with van der Waals surface area (Å²) in [5.74, 6) is 1.59. The molecule has 0 bridgehead atoms. The van der Waals surface area contributed by atoms with Crippen LogP contribution in [0.15, 0.2) is 47.7 Å². The van der Waals surface area contributed by atoms with Crippen LogP contribution in [0.3, 0.4) is 0 Å². The predicted molar refractivity (Wildman–Crippen MR) is 96.4 cm³/mol. The van der Waals surface area contributed by atoms with Crippen LogP contribution in [0.4, 0.5) is 5.82 Å². The quantitative estimate of drug-likeness (QED) is 0.586. The van der Waals surface area contributed by atoms with E-state index in [2.05, 4.69) is 53.8 Å². The van der Waals surface area contributed by atoms with Gasteiger partial charge in [-0.15, -0.1) is 0 Å². The molecule has 0 atom stereocenters. The zero-order valence-corrected chi connectivity index (χ0v) is 14.0. The highest BCUT2D eigenvalue weighted by atomic mass is 15.0. The van der Waals surface area contributed by atoms with Crippen molar-refractivity contribution in [1.29, 1.82) is 0 Å². The molecule has 118 valence electrons. The molecule has 0 unspecified atom stereocenters. The number of aromatic nitrogens is 2. The van der Waals surface area contributed by atoms with E-state index in [1.165, 1.54) is 16.5 Å². The fraction of sp³-hybridized carbons (Fsp3) is 0.263. The second-order valence-electron chi connectivity index (χ2n) is 6.27. The van der Waals surface area contributed by atoms with Crippen LogP contribution in [0.1, 0.15) is 36.5 Å². The molecule has 0 radical (unpaired) electrons. The van der Waals surface area contributed by atoms with Crippen molar-refractivity contribution in [1.82, 2.24) is 9.55 Å². The lowest BCUT2D eigenvalue weighted by Gasteiger charge is -2.05. The van der Waals surface area contributed by atoms with Gasteiger partial charge in [-0.25, -0.2) is 9.98 Å². The molecule has 4 heteroatoms. The Hall–Kier alpha value is -2.62. The van der Waals surface area contributed by atoms with E-state index in [-0.39, 0.29) is 0 Å². The Bertz CT molecular complexity index is 888. The molecule has 0 aliphatic rings. The fourth-order valence-corrected chi connectivity index (χ4v) is 2.81. The molecule has 4 nitrogen and oxygen atoms in total. The SMILES string of the molecule is Cc1ccnc(N=C(N)c2ccc3c(c2)c(C(C)C)cn3C)c1. The topological polar surface area (TPSA) is 56.2 Å². The number of amidine groups is 1.